The minimum Gasteiger partial charge on any atom is -0.411 e. The molecule has 8 heteroatoms. The molecular weight excluding hydrogens is 386 g/mol. The highest BCUT2D eigenvalue weighted by molar-refractivity contribution is 7.99. The minimum atomic E-state index is -0.166. The monoisotopic (exact) mass is 405 g/mol. The second-order valence-electron chi connectivity index (χ2n) is 6.44. The summed E-state index contributed by atoms with van der Waals surface area (Å²) >= 11 is 1.20. The Hall–Kier alpha value is -3.39. The molecule has 0 fully saturated rings. The number of hydrogen-bond acceptors (Lipinski definition) is 6. The van der Waals surface area contributed by atoms with Crippen LogP contribution in [0.2, 0.25) is 0 Å². The number of benzene rings is 2. The van der Waals surface area contributed by atoms with Gasteiger partial charge in [-0.3, -0.25) is 4.79 Å². The molecule has 0 bridgehead atoms. The predicted octanol–water partition coefficient (Wildman–Crippen LogP) is 4.02. The molecule has 0 aliphatic heterocycles. The van der Waals surface area contributed by atoms with Crippen molar-refractivity contribution in [3.05, 3.63) is 78.0 Å². The first-order valence-electron chi connectivity index (χ1n) is 9.06. The molecule has 0 saturated heterocycles. The smallest absolute Gasteiger partial charge is 0.277 e. The van der Waals surface area contributed by atoms with E-state index >= 15 is 0 Å². The third-order valence-corrected chi connectivity index (χ3v) is 4.97. The summed E-state index contributed by atoms with van der Waals surface area (Å²) < 4.78 is 7.37. The highest BCUT2D eigenvalue weighted by Crippen LogP contribution is 2.23. The Morgan fingerprint density at radius 2 is 1.97 bits per heavy atom. The molecule has 2 aromatic carbocycles. The van der Waals surface area contributed by atoms with Crippen LogP contribution >= 0.6 is 11.8 Å². The van der Waals surface area contributed by atoms with E-state index in [1.54, 1.807) is 16.9 Å². The summed E-state index contributed by atoms with van der Waals surface area (Å²) in [6.45, 7) is 2.63. The molecule has 0 saturated carbocycles. The predicted molar refractivity (Wildman–Crippen MR) is 112 cm³/mol. The van der Waals surface area contributed by atoms with Gasteiger partial charge in [-0.15, -0.1) is 10.2 Å². The van der Waals surface area contributed by atoms with Gasteiger partial charge in [0.15, 0.2) is 0 Å². The number of amides is 1. The first kappa shape index (κ1) is 18.9. The first-order chi connectivity index (χ1) is 14.2. The van der Waals surface area contributed by atoms with Crippen molar-refractivity contribution in [1.82, 2.24) is 20.0 Å². The second kappa shape index (κ2) is 8.74. The normalized spacial score (nSPS) is 10.8. The van der Waals surface area contributed by atoms with E-state index in [2.05, 4.69) is 26.7 Å². The van der Waals surface area contributed by atoms with Crippen molar-refractivity contribution in [3.63, 3.8) is 0 Å². The van der Waals surface area contributed by atoms with E-state index in [4.69, 9.17) is 4.42 Å². The van der Waals surface area contributed by atoms with Crippen molar-refractivity contribution in [2.45, 2.75) is 18.7 Å². The summed E-state index contributed by atoms with van der Waals surface area (Å²) in [4.78, 5) is 12.4. The first-order valence-corrected chi connectivity index (χ1v) is 10.0. The van der Waals surface area contributed by atoms with Crippen LogP contribution in [-0.4, -0.2) is 31.6 Å². The van der Waals surface area contributed by atoms with Gasteiger partial charge in [0.05, 0.1) is 18.5 Å². The summed E-state index contributed by atoms with van der Waals surface area (Å²) in [5.41, 5.74) is 3.15. The van der Waals surface area contributed by atoms with Gasteiger partial charge in [0.1, 0.15) is 5.82 Å². The van der Waals surface area contributed by atoms with Crippen LogP contribution in [0.1, 0.15) is 11.1 Å². The average molecular weight is 405 g/mol. The van der Waals surface area contributed by atoms with E-state index in [-0.39, 0.29) is 11.7 Å². The lowest BCUT2D eigenvalue weighted by molar-refractivity contribution is -0.113. The zero-order chi connectivity index (χ0) is 20.1. The van der Waals surface area contributed by atoms with Gasteiger partial charge in [-0.1, -0.05) is 59.8 Å². The summed E-state index contributed by atoms with van der Waals surface area (Å²) in [7, 11) is 0. The van der Waals surface area contributed by atoms with Crippen molar-refractivity contribution < 1.29 is 9.21 Å². The van der Waals surface area contributed by atoms with E-state index in [1.165, 1.54) is 17.3 Å². The Balaban J connectivity index is 1.34. The van der Waals surface area contributed by atoms with E-state index in [9.17, 15) is 4.79 Å². The fourth-order valence-corrected chi connectivity index (χ4v) is 3.38. The number of thioether (sulfide) groups is 1. The Kier molecular flexibility index (Phi) is 5.71. The number of carbonyl (C=O) groups is 1. The Morgan fingerprint density at radius 3 is 2.79 bits per heavy atom. The quantitative estimate of drug-likeness (QED) is 0.468. The molecule has 0 aliphatic rings. The Labute approximate surface area is 172 Å². The van der Waals surface area contributed by atoms with E-state index in [0.717, 1.165) is 11.1 Å². The molecule has 4 rings (SSSR count). The summed E-state index contributed by atoms with van der Waals surface area (Å²) in [6.07, 6.45) is 1.67. The van der Waals surface area contributed by atoms with Crippen LogP contribution in [0.4, 0.5) is 5.82 Å². The van der Waals surface area contributed by atoms with Gasteiger partial charge in [0.25, 0.3) is 5.22 Å². The van der Waals surface area contributed by atoms with Crippen LogP contribution in [0.25, 0.3) is 11.5 Å². The number of rotatable bonds is 7. The maximum Gasteiger partial charge on any atom is 0.277 e. The molecule has 2 aromatic heterocycles. The fraction of sp³-hybridized carbons (Fsp3) is 0.143. The number of nitrogens with one attached hydrogen (secondary N) is 1. The molecule has 0 spiro atoms. The summed E-state index contributed by atoms with van der Waals surface area (Å²) in [5.74, 6) is 1.07. The van der Waals surface area contributed by atoms with Gasteiger partial charge in [-0.25, -0.2) is 4.68 Å². The molecule has 4 aromatic rings. The van der Waals surface area contributed by atoms with Gasteiger partial charge < -0.3 is 9.73 Å². The topological polar surface area (TPSA) is 85.8 Å². The standard InChI is InChI=1S/C21H19N5O2S/c1-15-6-5-7-16(12-15)13-26-18(10-11-22-26)23-19(27)14-29-21-25-24-20(28-21)17-8-3-2-4-9-17/h2-12H,13-14H2,1H3,(H,23,27). The van der Waals surface area contributed by atoms with Gasteiger partial charge in [-0.05, 0) is 24.6 Å². The molecule has 29 heavy (non-hydrogen) atoms. The van der Waals surface area contributed by atoms with Gasteiger partial charge >= 0.3 is 0 Å². The largest absolute Gasteiger partial charge is 0.411 e. The van der Waals surface area contributed by atoms with E-state index in [0.29, 0.717) is 23.5 Å². The lowest BCUT2D eigenvalue weighted by Gasteiger charge is -2.09. The van der Waals surface area contributed by atoms with Gasteiger partial charge in [0, 0.05) is 11.6 Å². The molecule has 0 atom stereocenters. The number of hydrogen-bond donors (Lipinski definition) is 1. The SMILES string of the molecule is Cc1cccc(Cn2nccc2NC(=O)CSc2nnc(-c3ccccc3)o2)c1. The highest BCUT2D eigenvalue weighted by atomic mass is 32.2. The van der Waals surface area contributed by atoms with Crippen molar-refractivity contribution in [3.8, 4) is 11.5 Å². The minimum absolute atomic E-state index is 0.159. The van der Waals surface area contributed by atoms with Crippen LogP contribution < -0.4 is 5.32 Å². The molecule has 1 amide bonds. The number of anilines is 1. The van der Waals surface area contributed by atoms with Gasteiger partial charge in [-0.2, -0.15) is 5.10 Å². The highest BCUT2D eigenvalue weighted by Gasteiger charge is 2.13. The van der Waals surface area contributed by atoms with Crippen LogP contribution in [0.3, 0.4) is 0 Å². The number of carbonyl (C=O) groups excluding carboxylic acids is 1. The van der Waals surface area contributed by atoms with E-state index < -0.39 is 0 Å². The van der Waals surface area contributed by atoms with Crippen molar-refractivity contribution in [2.75, 3.05) is 11.1 Å². The third-order valence-electron chi connectivity index (χ3n) is 4.15. The van der Waals surface area contributed by atoms with Crippen LogP contribution in [0.5, 0.6) is 0 Å². The molecule has 0 unspecified atom stereocenters. The number of aromatic nitrogens is 4. The van der Waals surface area contributed by atoms with E-state index in [1.807, 2.05) is 55.5 Å². The molecule has 1 N–H and O–H groups in total. The zero-order valence-electron chi connectivity index (χ0n) is 15.8. The van der Waals surface area contributed by atoms with Crippen LogP contribution in [-0.2, 0) is 11.3 Å². The van der Waals surface area contributed by atoms with Crippen molar-refractivity contribution in [2.24, 2.45) is 0 Å². The fourth-order valence-electron chi connectivity index (χ4n) is 2.82. The molecule has 0 radical (unpaired) electrons. The summed E-state index contributed by atoms with van der Waals surface area (Å²) in [5, 5.41) is 15.6. The molecule has 7 nitrogen and oxygen atoms in total. The number of aryl methyl sites for hydroxylation is 1. The molecule has 146 valence electrons. The van der Waals surface area contributed by atoms with Gasteiger partial charge in [0.2, 0.25) is 11.8 Å². The van der Waals surface area contributed by atoms with Crippen molar-refractivity contribution in [1.29, 1.82) is 0 Å². The lowest BCUT2D eigenvalue weighted by Crippen LogP contribution is -2.17. The van der Waals surface area contributed by atoms with Crippen molar-refractivity contribution >= 4 is 23.5 Å². The molecule has 0 aliphatic carbocycles. The summed E-state index contributed by atoms with van der Waals surface area (Å²) in [6, 6.07) is 19.5. The lowest BCUT2D eigenvalue weighted by atomic mass is 10.1. The third kappa shape index (κ3) is 4.91. The Bertz CT molecular complexity index is 1110. The van der Waals surface area contributed by atoms with Crippen LogP contribution in [0.15, 0.2) is 76.5 Å². The molecule has 2 heterocycles. The maximum absolute atomic E-state index is 12.4. The zero-order valence-corrected chi connectivity index (χ0v) is 16.6. The number of nitrogens with zero attached hydrogens (tertiary/aromatic N) is 4. The second-order valence-corrected chi connectivity index (χ2v) is 7.37. The Morgan fingerprint density at radius 1 is 1.10 bits per heavy atom. The van der Waals surface area contributed by atoms with Crippen LogP contribution in [0, 0.1) is 6.92 Å². The maximum atomic E-state index is 12.4. The molecular formula is C21H19N5O2S. The average Bonchev–Trinajstić information content (AvgIpc) is 3.37.